The fraction of sp³-hybridized carbons (Fsp3) is 0.833. The highest BCUT2D eigenvalue weighted by Gasteiger charge is 2.30. The maximum atomic E-state index is 4.60. The van der Waals surface area contributed by atoms with Crippen molar-refractivity contribution in [3.8, 4) is 0 Å². The Morgan fingerprint density at radius 2 is 2.00 bits per heavy atom. The number of hydrogen-bond donors (Lipinski definition) is 1. The molecule has 0 radical (unpaired) electrons. The molecule has 1 aromatic heterocycles. The zero-order chi connectivity index (χ0) is 15.4. The Balaban J connectivity index is 1.57. The molecule has 0 amide bonds. The van der Waals surface area contributed by atoms with Crippen LogP contribution in [0.15, 0.2) is 12.4 Å². The van der Waals surface area contributed by atoms with E-state index >= 15 is 0 Å². The molecule has 1 aliphatic carbocycles. The maximum absolute atomic E-state index is 4.60. The van der Waals surface area contributed by atoms with Gasteiger partial charge in [0.15, 0.2) is 0 Å². The summed E-state index contributed by atoms with van der Waals surface area (Å²) in [6.45, 7) is 6.90. The first kappa shape index (κ1) is 16.0. The van der Waals surface area contributed by atoms with E-state index in [2.05, 4.69) is 39.9 Å². The van der Waals surface area contributed by atoms with Crippen molar-refractivity contribution < 1.29 is 0 Å². The van der Waals surface area contributed by atoms with Crippen molar-refractivity contribution in [2.75, 3.05) is 26.2 Å². The van der Waals surface area contributed by atoms with E-state index in [4.69, 9.17) is 0 Å². The summed E-state index contributed by atoms with van der Waals surface area (Å²) in [4.78, 5) is 7.28. The molecule has 4 nitrogen and oxygen atoms in total. The lowest BCUT2D eigenvalue weighted by Gasteiger charge is -2.39. The molecule has 4 heteroatoms. The van der Waals surface area contributed by atoms with Gasteiger partial charge in [0.25, 0.3) is 0 Å². The second-order valence-corrected chi connectivity index (χ2v) is 7.29. The second-order valence-electron chi connectivity index (χ2n) is 7.29. The summed E-state index contributed by atoms with van der Waals surface area (Å²) < 4.78 is 2.18. The first-order valence-corrected chi connectivity index (χ1v) is 9.20. The van der Waals surface area contributed by atoms with Gasteiger partial charge in [0.05, 0.1) is 6.04 Å². The number of hydrogen-bond acceptors (Lipinski definition) is 3. The predicted molar refractivity (Wildman–Crippen MR) is 90.7 cm³/mol. The van der Waals surface area contributed by atoms with Gasteiger partial charge in [-0.05, 0) is 24.7 Å². The van der Waals surface area contributed by atoms with Crippen LogP contribution < -0.4 is 5.32 Å². The largest absolute Gasteiger partial charge is 0.337 e. The van der Waals surface area contributed by atoms with E-state index in [0.717, 1.165) is 31.5 Å². The Morgan fingerprint density at radius 3 is 2.68 bits per heavy atom. The molecule has 0 spiro atoms. The minimum atomic E-state index is 0.446. The van der Waals surface area contributed by atoms with Crippen LogP contribution in [0.1, 0.15) is 57.3 Å². The molecule has 124 valence electrons. The van der Waals surface area contributed by atoms with Crippen molar-refractivity contribution in [2.45, 2.75) is 51.5 Å². The lowest BCUT2D eigenvalue weighted by Crippen LogP contribution is -2.48. The highest BCUT2D eigenvalue weighted by atomic mass is 15.3. The molecule has 2 heterocycles. The third kappa shape index (κ3) is 3.72. The third-order valence-electron chi connectivity index (χ3n) is 5.67. The first-order chi connectivity index (χ1) is 10.8. The average molecular weight is 304 g/mol. The van der Waals surface area contributed by atoms with Gasteiger partial charge in [-0.15, -0.1) is 0 Å². The fourth-order valence-electron chi connectivity index (χ4n) is 4.36. The SMILES string of the molecule is CCCC1CCC(CN2CCNCC2c2nccn2C)CC1. The molecular formula is C18H32N4. The Hall–Kier alpha value is -0.870. The molecule has 2 aliphatic rings. The standard InChI is InChI=1S/C18H32N4/c1-3-4-15-5-7-16(8-6-15)14-22-12-9-19-13-17(22)18-20-10-11-21(18)2/h10-11,15-17,19H,3-9,12-14H2,1-2H3. The average Bonchev–Trinajstić information content (AvgIpc) is 2.96. The molecule has 1 N–H and O–H groups in total. The zero-order valence-electron chi connectivity index (χ0n) is 14.3. The maximum Gasteiger partial charge on any atom is 0.127 e. The van der Waals surface area contributed by atoms with Gasteiger partial charge in [-0.25, -0.2) is 4.98 Å². The Morgan fingerprint density at radius 1 is 1.23 bits per heavy atom. The predicted octanol–water partition coefficient (Wildman–Crippen LogP) is 2.97. The lowest BCUT2D eigenvalue weighted by molar-refractivity contribution is 0.108. The van der Waals surface area contributed by atoms with E-state index in [-0.39, 0.29) is 0 Å². The normalized spacial score (nSPS) is 30.5. The molecular weight excluding hydrogens is 272 g/mol. The van der Waals surface area contributed by atoms with E-state index in [1.807, 2.05) is 6.20 Å². The summed E-state index contributed by atoms with van der Waals surface area (Å²) >= 11 is 0. The molecule has 1 aromatic rings. The van der Waals surface area contributed by atoms with Gasteiger partial charge in [0.2, 0.25) is 0 Å². The summed E-state index contributed by atoms with van der Waals surface area (Å²) in [5.41, 5.74) is 0. The Kier molecular flexibility index (Phi) is 5.53. The molecule has 0 bridgehead atoms. The van der Waals surface area contributed by atoms with Crippen LogP contribution in [0.25, 0.3) is 0 Å². The summed E-state index contributed by atoms with van der Waals surface area (Å²) in [5.74, 6) is 3.12. The van der Waals surface area contributed by atoms with Crippen LogP contribution in [-0.4, -0.2) is 40.6 Å². The van der Waals surface area contributed by atoms with Crippen LogP contribution in [0.2, 0.25) is 0 Å². The van der Waals surface area contributed by atoms with Gasteiger partial charge in [0.1, 0.15) is 5.82 Å². The third-order valence-corrected chi connectivity index (χ3v) is 5.67. The number of imidazole rings is 1. The summed E-state index contributed by atoms with van der Waals surface area (Å²) in [7, 11) is 2.12. The highest BCUT2D eigenvalue weighted by Crippen LogP contribution is 2.33. The molecule has 1 saturated heterocycles. The van der Waals surface area contributed by atoms with Crippen molar-refractivity contribution in [1.29, 1.82) is 0 Å². The van der Waals surface area contributed by atoms with Crippen LogP contribution in [-0.2, 0) is 7.05 Å². The van der Waals surface area contributed by atoms with Crippen molar-refractivity contribution in [3.05, 3.63) is 18.2 Å². The highest BCUT2D eigenvalue weighted by molar-refractivity contribution is 5.02. The Bertz CT molecular complexity index is 448. The molecule has 1 saturated carbocycles. The molecule has 1 unspecified atom stereocenters. The van der Waals surface area contributed by atoms with Crippen LogP contribution in [0, 0.1) is 11.8 Å². The quantitative estimate of drug-likeness (QED) is 0.908. The van der Waals surface area contributed by atoms with E-state index in [9.17, 15) is 0 Å². The van der Waals surface area contributed by atoms with Gasteiger partial charge in [-0.2, -0.15) is 0 Å². The topological polar surface area (TPSA) is 33.1 Å². The van der Waals surface area contributed by atoms with E-state index in [1.54, 1.807) is 0 Å². The van der Waals surface area contributed by atoms with Gasteiger partial charge in [0, 0.05) is 45.6 Å². The Labute approximate surface area is 135 Å². The molecule has 3 rings (SSSR count). The number of piperazine rings is 1. The number of nitrogens with one attached hydrogen (secondary N) is 1. The number of aryl methyl sites for hydroxylation is 1. The van der Waals surface area contributed by atoms with Gasteiger partial charge in [-0.1, -0.05) is 32.6 Å². The van der Waals surface area contributed by atoms with Gasteiger partial charge in [-0.3, -0.25) is 4.90 Å². The van der Waals surface area contributed by atoms with Crippen LogP contribution in [0.5, 0.6) is 0 Å². The summed E-state index contributed by atoms with van der Waals surface area (Å²) in [6.07, 6.45) is 12.6. The van der Waals surface area contributed by atoms with Gasteiger partial charge < -0.3 is 9.88 Å². The van der Waals surface area contributed by atoms with Crippen LogP contribution in [0.4, 0.5) is 0 Å². The lowest BCUT2D eigenvalue weighted by atomic mass is 9.79. The minimum Gasteiger partial charge on any atom is -0.337 e. The summed E-state index contributed by atoms with van der Waals surface area (Å²) in [6, 6.07) is 0.446. The van der Waals surface area contributed by atoms with Crippen molar-refractivity contribution >= 4 is 0 Å². The monoisotopic (exact) mass is 304 g/mol. The van der Waals surface area contributed by atoms with Crippen molar-refractivity contribution in [2.24, 2.45) is 18.9 Å². The molecule has 22 heavy (non-hydrogen) atoms. The van der Waals surface area contributed by atoms with E-state index in [1.165, 1.54) is 50.9 Å². The second kappa shape index (κ2) is 7.60. The van der Waals surface area contributed by atoms with Crippen LogP contribution in [0.3, 0.4) is 0 Å². The van der Waals surface area contributed by atoms with E-state index in [0.29, 0.717) is 6.04 Å². The molecule has 2 fully saturated rings. The van der Waals surface area contributed by atoms with Crippen molar-refractivity contribution in [1.82, 2.24) is 19.8 Å². The van der Waals surface area contributed by atoms with Crippen molar-refractivity contribution in [3.63, 3.8) is 0 Å². The molecule has 1 aliphatic heterocycles. The molecule has 1 atom stereocenters. The number of nitrogens with zero attached hydrogens (tertiary/aromatic N) is 3. The smallest absolute Gasteiger partial charge is 0.127 e. The van der Waals surface area contributed by atoms with E-state index < -0.39 is 0 Å². The number of aromatic nitrogens is 2. The van der Waals surface area contributed by atoms with Crippen LogP contribution >= 0.6 is 0 Å². The number of rotatable bonds is 5. The van der Waals surface area contributed by atoms with Gasteiger partial charge >= 0.3 is 0 Å². The zero-order valence-corrected chi connectivity index (χ0v) is 14.3. The minimum absolute atomic E-state index is 0.446. The first-order valence-electron chi connectivity index (χ1n) is 9.20. The molecule has 0 aromatic carbocycles. The summed E-state index contributed by atoms with van der Waals surface area (Å²) in [5, 5.41) is 3.55. The fourth-order valence-corrected chi connectivity index (χ4v) is 4.36.